The van der Waals surface area contributed by atoms with Gasteiger partial charge in [0.25, 0.3) is 0 Å². The Balaban J connectivity index is 1.40. The first-order valence-electron chi connectivity index (χ1n) is 13.8. The lowest BCUT2D eigenvalue weighted by atomic mass is 9.96. The minimum Gasteiger partial charge on any atom is -0.478 e. The lowest BCUT2D eigenvalue weighted by Gasteiger charge is -2.21. The van der Waals surface area contributed by atoms with Crippen LogP contribution in [0.5, 0.6) is 0 Å². The van der Waals surface area contributed by atoms with Gasteiger partial charge in [0.2, 0.25) is 0 Å². The monoisotopic (exact) mass is 687 g/mol. The number of nitrogens with one attached hydrogen (secondary N) is 1. The molecule has 0 saturated heterocycles. The van der Waals surface area contributed by atoms with E-state index in [2.05, 4.69) is 0 Å². The highest BCUT2D eigenvalue weighted by Crippen LogP contribution is 2.37. The number of sulfonamides is 1. The van der Waals surface area contributed by atoms with Gasteiger partial charge < -0.3 is 9.67 Å². The van der Waals surface area contributed by atoms with E-state index in [1.165, 1.54) is 30.3 Å². The van der Waals surface area contributed by atoms with E-state index in [9.17, 15) is 31.5 Å². The van der Waals surface area contributed by atoms with Crippen molar-refractivity contribution in [2.45, 2.75) is 30.3 Å². The number of nitrogens with zero attached hydrogens (tertiary/aromatic N) is 2. The molecule has 1 aromatic heterocycles. The molecule has 4 aromatic rings. The van der Waals surface area contributed by atoms with Gasteiger partial charge >= 0.3 is 21.5 Å². The quantitative estimate of drug-likeness (QED) is 0.172. The number of aromatic carboxylic acids is 1. The number of anilines is 1. The van der Waals surface area contributed by atoms with Gasteiger partial charge in [0, 0.05) is 29.0 Å². The van der Waals surface area contributed by atoms with Gasteiger partial charge in [0.15, 0.2) is 0 Å². The number of hydrogen-bond donors (Lipinski definition) is 2. The van der Waals surface area contributed by atoms with Gasteiger partial charge in [-0.1, -0.05) is 72.3 Å². The van der Waals surface area contributed by atoms with Crippen LogP contribution < -0.4 is 4.72 Å². The zero-order chi connectivity index (χ0) is 33.3. The zero-order valence-corrected chi connectivity index (χ0v) is 26.4. The smallest absolute Gasteiger partial charge is 0.478 e. The Morgan fingerprint density at radius 2 is 1.76 bits per heavy atom. The molecule has 1 unspecified atom stereocenters. The second kappa shape index (κ2) is 12.8. The number of carboxylic acids is 1. The summed E-state index contributed by atoms with van der Waals surface area (Å²) in [4.78, 5) is 15.5. The highest BCUT2D eigenvalue weighted by molar-refractivity contribution is 7.93. The molecule has 0 amide bonds. The van der Waals surface area contributed by atoms with Crippen molar-refractivity contribution in [1.82, 2.24) is 9.55 Å². The third kappa shape index (κ3) is 7.72. The number of benzene rings is 3. The van der Waals surface area contributed by atoms with Crippen molar-refractivity contribution in [2.24, 2.45) is 0 Å². The van der Waals surface area contributed by atoms with Gasteiger partial charge in [0.05, 0.1) is 16.1 Å². The van der Waals surface area contributed by atoms with Crippen LogP contribution in [-0.2, 0) is 16.6 Å². The number of imidazole rings is 1. The van der Waals surface area contributed by atoms with Crippen molar-refractivity contribution in [2.75, 3.05) is 4.72 Å². The molecule has 1 aliphatic carbocycles. The van der Waals surface area contributed by atoms with Crippen LogP contribution in [0.3, 0.4) is 0 Å². The summed E-state index contributed by atoms with van der Waals surface area (Å²) in [7, 11) is -5.54. The van der Waals surface area contributed by atoms with Crippen LogP contribution in [0, 0.1) is 0 Å². The minimum absolute atomic E-state index is 0.182. The summed E-state index contributed by atoms with van der Waals surface area (Å²) in [6, 6.07) is 19.4. The molecule has 0 aliphatic heterocycles. The highest BCUT2D eigenvalue weighted by atomic mass is 35.5. The Morgan fingerprint density at radius 1 is 1.07 bits per heavy atom. The Kier molecular flexibility index (Phi) is 9.21. The number of carboxylic acid groups (broad SMARTS) is 1. The van der Waals surface area contributed by atoms with Crippen molar-refractivity contribution >= 4 is 62.6 Å². The summed E-state index contributed by atoms with van der Waals surface area (Å²) < 4.78 is 64.9. The fourth-order valence-electron chi connectivity index (χ4n) is 4.73. The van der Waals surface area contributed by atoms with Crippen LogP contribution in [0.2, 0.25) is 0 Å². The number of carbonyl (C=O) groups is 1. The molecular formula is C33H26Cl2F3N3O4S. The van der Waals surface area contributed by atoms with Crippen molar-refractivity contribution in [3.05, 3.63) is 124 Å². The van der Waals surface area contributed by atoms with Crippen molar-refractivity contribution in [3.8, 4) is 11.1 Å². The number of hydrogen-bond acceptors (Lipinski definition) is 4. The summed E-state index contributed by atoms with van der Waals surface area (Å²) in [6.45, 7) is 2.27. The largest absolute Gasteiger partial charge is 0.516 e. The molecule has 0 saturated carbocycles. The van der Waals surface area contributed by atoms with Gasteiger partial charge in [-0.15, -0.1) is 11.6 Å². The van der Waals surface area contributed by atoms with Gasteiger partial charge in [-0.2, -0.15) is 21.6 Å². The molecule has 0 radical (unpaired) electrons. The molecule has 5 rings (SSSR count). The second-order valence-corrected chi connectivity index (χ2v) is 13.7. The third-order valence-corrected chi connectivity index (χ3v) is 8.81. The van der Waals surface area contributed by atoms with E-state index in [-0.39, 0.29) is 11.3 Å². The maximum atomic E-state index is 12.8. The van der Waals surface area contributed by atoms with Gasteiger partial charge in [-0.05, 0) is 72.0 Å². The van der Waals surface area contributed by atoms with Gasteiger partial charge in [-0.3, -0.25) is 4.72 Å². The summed E-state index contributed by atoms with van der Waals surface area (Å²) in [5.41, 5.74) is -1.22. The maximum Gasteiger partial charge on any atom is 0.516 e. The lowest BCUT2D eigenvalue weighted by Crippen LogP contribution is -2.29. The van der Waals surface area contributed by atoms with Crippen molar-refractivity contribution in [3.63, 3.8) is 0 Å². The van der Waals surface area contributed by atoms with Crippen molar-refractivity contribution < 1.29 is 31.5 Å². The normalized spacial score (nSPS) is 17.1. The van der Waals surface area contributed by atoms with Crippen LogP contribution in [0.25, 0.3) is 28.9 Å². The van der Waals surface area contributed by atoms with Crippen LogP contribution >= 0.6 is 23.2 Å². The molecule has 1 atom stereocenters. The Bertz CT molecular complexity index is 1980. The molecule has 0 spiro atoms. The summed E-state index contributed by atoms with van der Waals surface area (Å²) in [5, 5.41) is 9.73. The van der Waals surface area contributed by atoms with Crippen molar-refractivity contribution in [1.29, 1.82) is 0 Å². The van der Waals surface area contributed by atoms with Crippen LogP contribution in [0.15, 0.2) is 96.2 Å². The summed E-state index contributed by atoms with van der Waals surface area (Å²) in [5.74, 6) is -0.405. The fourth-order valence-corrected chi connectivity index (χ4v) is 5.94. The van der Waals surface area contributed by atoms with Gasteiger partial charge in [-0.25, -0.2) is 9.78 Å². The standard InChI is InChI=1S/C33H26Cl2F3N3O4S/c1-32(35)16-15-27(28(34)18-32)29-20-41(19-22-7-12-24(13-8-22)31(42)43)30(39-29)14-9-21-5-10-23(11-6-21)25-3-2-4-26(17-25)40-46(44,45)33(36,37)38/h2-15,17-18,20,40H,16,19H2,1H3,(H,42,43)/b14-9+. The predicted molar refractivity (Wildman–Crippen MR) is 175 cm³/mol. The first kappa shape index (κ1) is 33.1. The van der Waals surface area contributed by atoms with Gasteiger partial charge in [0.1, 0.15) is 5.82 Å². The molecule has 13 heteroatoms. The molecule has 1 aliphatic rings. The SMILES string of the molecule is CC1(Cl)C=C(Cl)C(c2cn(Cc3ccc(C(=O)O)cc3)c(/C=C/c3ccc(-c4cccc(NS(=O)(=O)C(F)(F)F)c4)cc3)n2)=CC1. The molecule has 3 aromatic carbocycles. The van der Waals surface area contributed by atoms with E-state index in [4.69, 9.17) is 28.2 Å². The van der Waals surface area contributed by atoms with E-state index < -0.39 is 26.4 Å². The van der Waals surface area contributed by atoms with E-state index in [0.717, 1.165) is 16.7 Å². The van der Waals surface area contributed by atoms with E-state index in [0.29, 0.717) is 40.6 Å². The zero-order valence-electron chi connectivity index (χ0n) is 24.1. The van der Waals surface area contributed by atoms with E-state index in [1.807, 2.05) is 48.0 Å². The van der Waals surface area contributed by atoms with Crippen LogP contribution in [0.4, 0.5) is 18.9 Å². The molecule has 238 valence electrons. The second-order valence-electron chi connectivity index (χ2n) is 10.8. The Hall–Kier alpha value is -4.32. The number of aromatic nitrogens is 2. The molecule has 0 bridgehead atoms. The topological polar surface area (TPSA) is 101 Å². The molecule has 1 heterocycles. The summed E-state index contributed by atoms with van der Waals surface area (Å²) in [6.07, 6.45) is 9.83. The third-order valence-electron chi connectivity index (χ3n) is 7.12. The average molecular weight is 689 g/mol. The minimum atomic E-state index is -5.54. The first-order chi connectivity index (χ1) is 21.6. The van der Waals surface area contributed by atoms with E-state index >= 15 is 0 Å². The van der Waals surface area contributed by atoms with E-state index in [1.54, 1.807) is 41.1 Å². The number of rotatable bonds is 9. The highest BCUT2D eigenvalue weighted by Gasteiger charge is 2.46. The molecular weight excluding hydrogens is 662 g/mol. The molecule has 7 nitrogen and oxygen atoms in total. The average Bonchev–Trinajstić information content (AvgIpc) is 3.37. The fraction of sp³-hybridized carbons (Fsp3) is 0.152. The van der Waals surface area contributed by atoms with Crippen LogP contribution in [0.1, 0.15) is 46.3 Å². The number of allylic oxidation sites excluding steroid dienone is 4. The number of halogens is 5. The molecule has 46 heavy (non-hydrogen) atoms. The Morgan fingerprint density at radius 3 is 2.39 bits per heavy atom. The Labute approximate surface area is 273 Å². The summed E-state index contributed by atoms with van der Waals surface area (Å²) >= 11 is 13.0. The maximum absolute atomic E-state index is 12.8. The molecule has 0 fully saturated rings. The first-order valence-corrected chi connectivity index (χ1v) is 16.0. The lowest BCUT2D eigenvalue weighted by molar-refractivity contribution is -0.0429. The number of alkyl halides is 4. The van der Waals surface area contributed by atoms with Crippen LogP contribution in [-0.4, -0.2) is 39.4 Å². The molecule has 2 N–H and O–H groups in total. The predicted octanol–water partition coefficient (Wildman–Crippen LogP) is 8.64.